The first-order valence-electron chi connectivity index (χ1n) is 6.52. The molecule has 1 aliphatic rings. The summed E-state index contributed by atoms with van der Waals surface area (Å²) in [6.07, 6.45) is 2.24. The van der Waals surface area contributed by atoms with Crippen LogP contribution in [0.25, 0.3) is 0 Å². The van der Waals surface area contributed by atoms with Gasteiger partial charge in [0.2, 0.25) is 0 Å². The minimum absolute atomic E-state index is 0.434. The number of nitrogens with two attached hydrogens (primary N) is 1. The molecular weight excluding hydrogens is 332 g/mol. The molecule has 0 saturated heterocycles. The number of aromatic nitrogens is 2. The second kappa shape index (κ2) is 5.68. The number of anilines is 3. The van der Waals surface area contributed by atoms with Gasteiger partial charge in [0.15, 0.2) is 0 Å². The smallest absolute Gasteiger partial charge is 0.145 e. The zero-order valence-corrected chi connectivity index (χ0v) is 12.7. The Morgan fingerprint density at radius 1 is 1.24 bits per heavy atom. The van der Waals surface area contributed by atoms with E-state index in [1.807, 2.05) is 6.07 Å². The van der Waals surface area contributed by atoms with Crippen LogP contribution in [0.1, 0.15) is 30.1 Å². The summed E-state index contributed by atoms with van der Waals surface area (Å²) in [4.78, 5) is 8.88. The van der Waals surface area contributed by atoms with Gasteiger partial charge in [-0.3, -0.25) is 0 Å². The van der Waals surface area contributed by atoms with E-state index in [1.54, 1.807) is 18.2 Å². The summed E-state index contributed by atoms with van der Waals surface area (Å²) in [6, 6.07) is 9.18. The van der Waals surface area contributed by atoms with E-state index >= 15 is 0 Å². The van der Waals surface area contributed by atoms with Crippen LogP contribution in [0.2, 0.25) is 0 Å². The topological polar surface area (TPSA) is 99.7 Å². The third-order valence-corrected chi connectivity index (χ3v) is 3.85. The van der Waals surface area contributed by atoms with E-state index in [0.717, 1.165) is 28.8 Å². The lowest BCUT2D eigenvalue weighted by Gasteiger charge is -2.11. The summed E-state index contributed by atoms with van der Waals surface area (Å²) in [6.45, 7) is 0. The summed E-state index contributed by atoms with van der Waals surface area (Å²) in [7, 11) is 0. The SMILES string of the molecule is N#Cc1ccc(Nc2cc(NN)nc(C3CC3)n2)c(Br)c1. The fourth-order valence-electron chi connectivity index (χ4n) is 1.95. The number of rotatable bonds is 4. The first-order valence-corrected chi connectivity index (χ1v) is 7.31. The van der Waals surface area contributed by atoms with Gasteiger partial charge in [-0.05, 0) is 47.0 Å². The van der Waals surface area contributed by atoms with Crippen LogP contribution in [0.5, 0.6) is 0 Å². The molecule has 1 fully saturated rings. The van der Waals surface area contributed by atoms with E-state index in [0.29, 0.717) is 23.1 Å². The molecule has 1 saturated carbocycles. The fraction of sp³-hybridized carbons (Fsp3) is 0.214. The Balaban J connectivity index is 1.90. The van der Waals surface area contributed by atoms with Crippen molar-refractivity contribution in [1.82, 2.24) is 9.97 Å². The van der Waals surface area contributed by atoms with Crippen LogP contribution in [-0.4, -0.2) is 9.97 Å². The molecule has 4 N–H and O–H groups in total. The number of nitrogens with one attached hydrogen (secondary N) is 2. The first kappa shape index (κ1) is 13.8. The van der Waals surface area contributed by atoms with Crippen molar-refractivity contribution in [2.45, 2.75) is 18.8 Å². The van der Waals surface area contributed by atoms with Crippen molar-refractivity contribution >= 4 is 33.3 Å². The molecule has 0 radical (unpaired) electrons. The van der Waals surface area contributed by atoms with Gasteiger partial charge in [0.25, 0.3) is 0 Å². The summed E-state index contributed by atoms with van der Waals surface area (Å²) in [5.41, 5.74) is 3.99. The van der Waals surface area contributed by atoms with Gasteiger partial charge in [-0.25, -0.2) is 15.8 Å². The molecule has 0 amide bonds. The monoisotopic (exact) mass is 344 g/mol. The Labute approximate surface area is 130 Å². The Bertz CT molecular complexity index is 720. The molecule has 0 spiro atoms. The quantitative estimate of drug-likeness (QED) is 0.582. The number of halogens is 1. The van der Waals surface area contributed by atoms with Crippen LogP contribution in [0.15, 0.2) is 28.7 Å². The van der Waals surface area contributed by atoms with Crippen molar-refractivity contribution in [2.75, 3.05) is 10.7 Å². The number of hydrogen-bond acceptors (Lipinski definition) is 6. The maximum absolute atomic E-state index is 8.88. The summed E-state index contributed by atoms with van der Waals surface area (Å²) in [5, 5.41) is 12.1. The van der Waals surface area contributed by atoms with Crippen LogP contribution in [0.4, 0.5) is 17.3 Å². The van der Waals surface area contributed by atoms with Crippen molar-refractivity contribution in [2.24, 2.45) is 5.84 Å². The zero-order chi connectivity index (χ0) is 14.8. The third kappa shape index (κ3) is 3.12. The van der Waals surface area contributed by atoms with Gasteiger partial charge in [-0.1, -0.05) is 0 Å². The molecule has 1 heterocycles. The average molecular weight is 345 g/mol. The Morgan fingerprint density at radius 2 is 2.00 bits per heavy atom. The molecule has 3 rings (SSSR count). The largest absolute Gasteiger partial charge is 0.339 e. The van der Waals surface area contributed by atoms with Gasteiger partial charge in [-0.2, -0.15) is 5.26 Å². The molecule has 0 atom stereocenters. The van der Waals surface area contributed by atoms with Gasteiger partial charge in [0.1, 0.15) is 17.5 Å². The fourth-order valence-corrected chi connectivity index (χ4v) is 2.43. The predicted molar refractivity (Wildman–Crippen MR) is 84.0 cm³/mol. The number of hydrogen-bond donors (Lipinski definition) is 3. The molecular formula is C14H13BrN6. The number of nitriles is 1. The molecule has 0 bridgehead atoms. The van der Waals surface area contributed by atoms with Gasteiger partial charge in [-0.15, -0.1) is 0 Å². The van der Waals surface area contributed by atoms with E-state index in [4.69, 9.17) is 11.1 Å². The molecule has 7 heteroatoms. The predicted octanol–water partition coefficient (Wildman–Crippen LogP) is 3.02. The van der Waals surface area contributed by atoms with Crippen LogP contribution < -0.4 is 16.6 Å². The Kier molecular flexibility index (Phi) is 3.73. The first-order chi connectivity index (χ1) is 10.2. The highest BCUT2D eigenvalue weighted by molar-refractivity contribution is 9.10. The van der Waals surface area contributed by atoms with Gasteiger partial charge >= 0.3 is 0 Å². The molecule has 1 aromatic carbocycles. The summed E-state index contributed by atoms with van der Waals surface area (Å²) in [5.74, 6) is 7.95. The van der Waals surface area contributed by atoms with E-state index in [9.17, 15) is 0 Å². The molecule has 1 aliphatic carbocycles. The van der Waals surface area contributed by atoms with E-state index < -0.39 is 0 Å². The number of benzene rings is 1. The third-order valence-electron chi connectivity index (χ3n) is 3.19. The highest BCUT2D eigenvalue weighted by atomic mass is 79.9. The molecule has 0 unspecified atom stereocenters. The lowest BCUT2D eigenvalue weighted by molar-refractivity contribution is 0.929. The van der Waals surface area contributed by atoms with Crippen molar-refractivity contribution in [3.05, 3.63) is 40.1 Å². The van der Waals surface area contributed by atoms with Gasteiger partial charge < -0.3 is 10.7 Å². The molecule has 1 aromatic heterocycles. The van der Waals surface area contributed by atoms with Crippen LogP contribution in [-0.2, 0) is 0 Å². The molecule has 2 aromatic rings. The molecule has 6 nitrogen and oxygen atoms in total. The average Bonchev–Trinajstić information content (AvgIpc) is 3.33. The molecule has 21 heavy (non-hydrogen) atoms. The lowest BCUT2D eigenvalue weighted by Crippen LogP contribution is -2.11. The second-order valence-corrected chi connectivity index (χ2v) is 5.70. The molecule has 0 aliphatic heterocycles. The van der Waals surface area contributed by atoms with Gasteiger partial charge in [0, 0.05) is 16.5 Å². The van der Waals surface area contributed by atoms with Crippen molar-refractivity contribution < 1.29 is 0 Å². The Morgan fingerprint density at radius 3 is 2.62 bits per heavy atom. The summed E-state index contributed by atoms with van der Waals surface area (Å²) < 4.78 is 0.801. The highest BCUT2D eigenvalue weighted by Crippen LogP contribution is 2.39. The minimum Gasteiger partial charge on any atom is -0.339 e. The van der Waals surface area contributed by atoms with Crippen molar-refractivity contribution in [3.8, 4) is 6.07 Å². The van der Waals surface area contributed by atoms with Crippen molar-refractivity contribution in [1.29, 1.82) is 5.26 Å². The highest BCUT2D eigenvalue weighted by Gasteiger charge is 2.27. The zero-order valence-electron chi connectivity index (χ0n) is 11.1. The van der Waals surface area contributed by atoms with E-state index in [2.05, 4.69) is 42.7 Å². The number of nitrogen functional groups attached to an aromatic ring is 1. The van der Waals surface area contributed by atoms with Crippen molar-refractivity contribution in [3.63, 3.8) is 0 Å². The number of nitrogens with zero attached hydrogens (tertiary/aromatic N) is 3. The Hall–Kier alpha value is -2.17. The standard InChI is InChI=1S/C14H13BrN6/c15-10-5-8(7-16)1-4-11(10)18-12-6-13(21-17)20-14(19-12)9-2-3-9/h1,4-6,9H,2-3,17H2,(H2,18,19,20,21). The normalized spacial score (nSPS) is 13.6. The van der Waals surface area contributed by atoms with Crippen LogP contribution in [0, 0.1) is 11.3 Å². The minimum atomic E-state index is 0.434. The van der Waals surface area contributed by atoms with E-state index in [1.165, 1.54) is 0 Å². The van der Waals surface area contributed by atoms with Gasteiger partial charge in [0.05, 0.1) is 17.3 Å². The second-order valence-electron chi connectivity index (χ2n) is 4.85. The maximum atomic E-state index is 8.88. The van der Waals surface area contributed by atoms with E-state index in [-0.39, 0.29) is 0 Å². The van der Waals surface area contributed by atoms with Crippen LogP contribution >= 0.6 is 15.9 Å². The summed E-state index contributed by atoms with van der Waals surface area (Å²) >= 11 is 3.44. The number of hydrazine groups is 1. The molecule has 106 valence electrons. The maximum Gasteiger partial charge on any atom is 0.145 e. The lowest BCUT2D eigenvalue weighted by atomic mass is 10.2. The van der Waals surface area contributed by atoms with Crippen LogP contribution in [0.3, 0.4) is 0 Å².